The van der Waals surface area contributed by atoms with Crippen LogP contribution >= 0.6 is 0 Å². The van der Waals surface area contributed by atoms with Crippen molar-refractivity contribution in [2.75, 3.05) is 27.3 Å². The lowest BCUT2D eigenvalue weighted by Gasteiger charge is -2.19. The number of aromatic nitrogens is 2. The van der Waals surface area contributed by atoms with Gasteiger partial charge in [0.15, 0.2) is 12.1 Å². The number of nitrogens with one attached hydrogen (secondary N) is 3. The standard InChI is InChI=1S/C19H15N3O3.C4H9NO.C3H8O/c23-12-16-20-11-15(18(24)21-16)19(25)22-17(13-7-3-1-4-8-13)14-9-5-2-6-10-14;1-5-3-2-4-6;1-3-4-2/h1-12,17H,(H,22,25)(H,20,21,24);4-5H,2-3H2,1H3;3H2,1-2H3. The zero-order valence-electron chi connectivity index (χ0n) is 20.2. The first-order chi connectivity index (χ1) is 17.0. The van der Waals surface area contributed by atoms with Crippen LogP contribution in [-0.4, -0.2) is 55.8 Å². The van der Waals surface area contributed by atoms with E-state index in [9.17, 15) is 19.2 Å². The molecular formula is C26H32N4O5. The Morgan fingerprint density at radius 3 is 1.97 bits per heavy atom. The van der Waals surface area contributed by atoms with Crippen LogP contribution in [0.15, 0.2) is 71.7 Å². The molecular weight excluding hydrogens is 448 g/mol. The van der Waals surface area contributed by atoms with Gasteiger partial charge in [0, 0.05) is 32.9 Å². The quantitative estimate of drug-likeness (QED) is 0.317. The summed E-state index contributed by atoms with van der Waals surface area (Å²) in [7, 11) is 3.50. The number of aldehydes is 2. The zero-order chi connectivity index (χ0) is 25.9. The van der Waals surface area contributed by atoms with Crippen LogP contribution in [-0.2, 0) is 9.53 Å². The number of rotatable bonds is 9. The van der Waals surface area contributed by atoms with Crippen LogP contribution < -0.4 is 16.2 Å². The summed E-state index contributed by atoms with van der Waals surface area (Å²) < 4.78 is 4.54. The second-order valence-corrected chi connectivity index (χ2v) is 6.99. The Morgan fingerprint density at radius 2 is 1.60 bits per heavy atom. The first-order valence-electron chi connectivity index (χ1n) is 11.0. The molecule has 0 spiro atoms. The molecule has 9 heteroatoms. The first kappa shape index (κ1) is 29.1. The predicted molar refractivity (Wildman–Crippen MR) is 135 cm³/mol. The zero-order valence-corrected chi connectivity index (χ0v) is 20.2. The fourth-order valence-electron chi connectivity index (χ4n) is 2.69. The summed E-state index contributed by atoms with van der Waals surface area (Å²) in [5, 5.41) is 5.69. The van der Waals surface area contributed by atoms with Gasteiger partial charge >= 0.3 is 0 Å². The summed E-state index contributed by atoms with van der Waals surface area (Å²) >= 11 is 0. The van der Waals surface area contributed by atoms with Gasteiger partial charge in [-0.2, -0.15) is 0 Å². The Morgan fingerprint density at radius 1 is 1.06 bits per heavy atom. The van der Waals surface area contributed by atoms with Crippen molar-refractivity contribution in [2.45, 2.75) is 19.4 Å². The summed E-state index contributed by atoms with van der Waals surface area (Å²) in [4.78, 5) is 50.7. The number of carbonyl (C=O) groups is 3. The summed E-state index contributed by atoms with van der Waals surface area (Å²) in [6, 6.07) is 18.5. The van der Waals surface area contributed by atoms with E-state index < -0.39 is 17.5 Å². The third-order valence-electron chi connectivity index (χ3n) is 4.52. The number of hydrogen-bond donors (Lipinski definition) is 3. The molecule has 0 aliphatic rings. The van der Waals surface area contributed by atoms with Gasteiger partial charge in [0.25, 0.3) is 11.5 Å². The van der Waals surface area contributed by atoms with Crippen molar-refractivity contribution >= 4 is 18.5 Å². The Bertz CT molecular complexity index is 1030. The highest BCUT2D eigenvalue weighted by Crippen LogP contribution is 2.21. The Balaban J connectivity index is 0.000000520. The topological polar surface area (TPSA) is 130 Å². The van der Waals surface area contributed by atoms with Gasteiger partial charge in [-0.25, -0.2) is 4.98 Å². The molecule has 186 valence electrons. The molecule has 9 nitrogen and oxygen atoms in total. The van der Waals surface area contributed by atoms with Crippen LogP contribution in [0.4, 0.5) is 0 Å². The predicted octanol–water partition coefficient (Wildman–Crippen LogP) is 2.55. The van der Waals surface area contributed by atoms with Crippen LogP contribution in [0.2, 0.25) is 0 Å². The second-order valence-electron chi connectivity index (χ2n) is 6.99. The summed E-state index contributed by atoms with van der Waals surface area (Å²) in [5.74, 6) is -0.687. The highest BCUT2D eigenvalue weighted by molar-refractivity contribution is 5.94. The van der Waals surface area contributed by atoms with Gasteiger partial charge in [-0.05, 0) is 25.1 Å². The fraction of sp³-hybridized carbons (Fsp3) is 0.269. The van der Waals surface area contributed by atoms with E-state index in [1.165, 1.54) is 0 Å². The molecule has 0 unspecified atom stereocenters. The number of ether oxygens (including phenoxy) is 1. The smallest absolute Gasteiger partial charge is 0.264 e. The molecule has 0 bridgehead atoms. The van der Waals surface area contributed by atoms with Crippen molar-refractivity contribution < 1.29 is 19.1 Å². The molecule has 1 heterocycles. The van der Waals surface area contributed by atoms with Gasteiger partial charge < -0.3 is 25.1 Å². The number of carbonyl (C=O) groups excluding carboxylic acids is 3. The Hall–Kier alpha value is -3.95. The minimum absolute atomic E-state index is 0.121. The number of H-pyrrole nitrogens is 1. The molecule has 0 fully saturated rings. The molecule has 1 amide bonds. The van der Waals surface area contributed by atoms with Crippen LogP contribution in [0.3, 0.4) is 0 Å². The van der Waals surface area contributed by atoms with Crippen LogP contribution in [0.1, 0.15) is 51.5 Å². The molecule has 2 aromatic carbocycles. The summed E-state index contributed by atoms with van der Waals surface area (Å²) in [5.41, 5.74) is 0.962. The van der Waals surface area contributed by atoms with Crippen molar-refractivity contribution in [2.24, 2.45) is 0 Å². The van der Waals surface area contributed by atoms with Gasteiger partial charge in [-0.1, -0.05) is 60.7 Å². The van der Waals surface area contributed by atoms with Crippen LogP contribution in [0.5, 0.6) is 0 Å². The van der Waals surface area contributed by atoms with Crippen molar-refractivity contribution in [3.63, 3.8) is 0 Å². The number of aromatic amines is 1. The van der Waals surface area contributed by atoms with Gasteiger partial charge in [0.05, 0.1) is 6.04 Å². The molecule has 3 rings (SSSR count). The molecule has 0 atom stereocenters. The lowest BCUT2D eigenvalue weighted by molar-refractivity contribution is -0.107. The third kappa shape index (κ3) is 10.7. The second kappa shape index (κ2) is 17.5. The van der Waals surface area contributed by atoms with E-state index in [2.05, 4.69) is 25.3 Å². The number of amides is 1. The number of methoxy groups -OCH3 is 1. The molecule has 0 aliphatic carbocycles. The van der Waals surface area contributed by atoms with Gasteiger partial charge in [0.2, 0.25) is 0 Å². The summed E-state index contributed by atoms with van der Waals surface area (Å²) in [6.45, 7) is 3.57. The third-order valence-corrected chi connectivity index (χ3v) is 4.52. The fourth-order valence-corrected chi connectivity index (χ4v) is 2.69. The number of hydrogen-bond acceptors (Lipinski definition) is 7. The molecule has 35 heavy (non-hydrogen) atoms. The minimum Gasteiger partial charge on any atom is -0.385 e. The lowest BCUT2D eigenvalue weighted by atomic mass is 9.98. The number of nitrogens with zero attached hydrogens (tertiary/aromatic N) is 1. The van der Waals surface area contributed by atoms with Crippen LogP contribution in [0.25, 0.3) is 0 Å². The average molecular weight is 481 g/mol. The molecule has 1 aromatic heterocycles. The highest BCUT2D eigenvalue weighted by atomic mass is 16.5. The molecule has 0 radical (unpaired) electrons. The van der Waals surface area contributed by atoms with Crippen molar-refractivity contribution in [1.29, 1.82) is 0 Å². The van der Waals surface area contributed by atoms with E-state index in [0.717, 1.165) is 36.8 Å². The summed E-state index contributed by atoms with van der Waals surface area (Å²) in [6.07, 6.45) is 3.04. The normalized spacial score (nSPS) is 9.71. The van der Waals surface area contributed by atoms with Gasteiger partial charge in [-0.3, -0.25) is 14.4 Å². The maximum Gasteiger partial charge on any atom is 0.264 e. The maximum absolute atomic E-state index is 12.6. The molecule has 0 saturated carbocycles. The largest absolute Gasteiger partial charge is 0.385 e. The van der Waals surface area contributed by atoms with Gasteiger partial charge in [-0.15, -0.1) is 0 Å². The molecule has 3 N–H and O–H groups in total. The molecule has 0 aliphatic heterocycles. The monoisotopic (exact) mass is 480 g/mol. The lowest BCUT2D eigenvalue weighted by Crippen LogP contribution is -2.34. The maximum atomic E-state index is 12.6. The van der Waals surface area contributed by atoms with Crippen LogP contribution in [0, 0.1) is 0 Å². The Labute approximate surface area is 205 Å². The van der Waals surface area contributed by atoms with Crippen molar-refractivity contribution in [1.82, 2.24) is 20.6 Å². The van der Waals surface area contributed by atoms with Crippen molar-refractivity contribution in [3.8, 4) is 0 Å². The minimum atomic E-state index is -0.658. The van der Waals surface area contributed by atoms with Gasteiger partial charge in [0.1, 0.15) is 11.8 Å². The van der Waals surface area contributed by atoms with E-state index in [-0.39, 0.29) is 11.4 Å². The average Bonchev–Trinajstić information content (AvgIpc) is 2.91. The highest BCUT2D eigenvalue weighted by Gasteiger charge is 2.19. The van der Waals surface area contributed by atoms with E-state index in [4.69, 9.17) is 0 Å². The molecule has 3 aromatic rings. The number of benzene rings is 2. The van der Waals surface area contributed by atoms with E-state index in [0.29, 0.717) is 12.7 Å². The van der Waals surface area contributed by atoms with Crippen molar-refractivity contribution in [3.05, 3.63) is 99.7 Å². The SMILES string of the molecule is CCOC.CNCCC=O.O=Cc1ncc(C(=O)NC(c2ccccc2)c2ccccc2)c(=O)[nH]1. The van der Waals surface area contributed by atoms with E-state index >= 15 is 0 Å². The Kier molecular flexibility index (Phi) is 14.6. The van der Waals surface area contributed by atoms with E-state index in [1.54, 1.807) is 7.11 Å². The first-order valence-corrected chi connectivity index (χ1v) is 11.0. The van der Waals surface area contributed by atoms with E-state index in [1.807, 2.05) is 74.6 Å². The molecule has 0 saturated heterocycles.